The zero-order chi connectivity index (χ0) is 15.4. The second-order valence-corrected chi connectivity index (χ2v) is 5.34. The molecule has 0 N–H and O–H groups in total. The zero-order valence-corrected chi connectivity index (χ0v) is 13.9. The number of rotatable bonds is 2. The molecule has 0 aromatic heterocycles. The van der Waals surface area contributed by atoms with Crippen molar-refractivity contribution in [1.29, 1.82) is 0 Å². The Morgan fingerprint density at radius 2 is 1.35 bits per heavy atom. The third-order valence-electron chi connectivity index (χ3n) is 3.28. The number of carbonyl (C=O) groups is 2. The highest BCUT2D eigenvalue weighted by atomic mass is 32.1. The summed E-state index contributed by atoms with van der Waals surface area (Å²) < 4.78 is 0. The van der Waals surface area contributed by atoms with E-state index in [9.17, 15) is 9.59 Å². The number of amides is 3. The molecule has 2 saturated heterocycles. The molecule has 2 fully saturated rings. The molecular weight excluding hydrogens is 332 g/mol. The van der Waals surface area contributed by atoms with E-state index in [0.717, 1.165) is 13.1 Å². The number of hydrogen-bond donors (Lipinski definition) is 0. The highest BCUT2D eigenvalue weighted by Gasteiger charge is 2.28. The van der Waals surface area contributed by atoms with Crippen molar-refractivity contribution < 1.29 is 9.59 Å². The standard InChI is InChI=1S/2C6H10N2OS.3CH4/c1-3-8-4-5(10)7(2)6(8)9;1-3-8-4-5(9)7(2)6(8)10;;;/h2*3-4H2,1-2H3;3*1H4. The van der Waals surface area contributed by atoms with Crippen LogP contribution in [0.15, 0.2) is 0 Å². The molecule has 0 aromatic rings. The minimum atomic E-state index is 0. The number of likely N-dealkylation sites (N-methyl/N-ethyl adjacent to an activating group) is 4. The van der Waals surface area contributed by atoms with Crippen LogP contribution in [0.25, 0.3) is 0 Å². The highest BCUT2D eigenvalue weighted by Crippen LogP contribution is 2.07. The lowest BCUT2D eigenvalue weighted by Gasteiger charge is -2.14. The van der Waals surface area contributed by atoms with Gasteiger partial charge in [-0.2, -0.15) is 0 Å². The molecule has 2 aliphatic rings. The Hall–Kier alpha value is -1.28. The third kappa shape index (κ3) is 6.02. The summed E-state index contributed by atoms with van der Waals surface area (Å²) in [7, 11) is 3.42. The van der Waals surface area contributed by atoms with Gasteiger partial charge in [-0.05, 0) is 26.1 Å². The molecule has 0 saturated carbocycles. The average Bonchev–Trinajstić information content (AvgIpc) is 2.84. The molecule has 3 amide bonds. The predicted molar refractivity (Wildman–Crippen MR) is 106 cm³/mol. The van der Waals surface area contributed by atoms with Gasteiger partial charge in [0.1, 0.15) is 4.99 Å². The Morgan fingerprint density at radius 1 is 0.870 bits per heavy atom. The summed E-state index contributed by atoms with van der Waals surface area (Å²) in [6, 6.07) is 0.0208. The van der Waals surface area contributed by atoms with Gasteiger partial charge in [0.25, 0.3) is 0 Å². The van der Waals surface area contributed by atoms with Crippen LogP contribution in [0.5, 0.6) is 0 Å². The van der Waals surface area contributed by atoms with E-state index in [2.05, 4.69) is 0 Å². The van der Waals surface area contributed by atoms with E-state index in [1.54, 1.807) is 19.0 Å². The van der Waals surface area contributed by atoms with Crippen LogP contribution >= 0.6 is 24.4 Å². The molecule has 136 valence electrons. The average molecular weight is 365 g/mol. The summed E-state index contributed by atoms with van der Waals surface area (Å²) in [5.74, 6) is 0.0897. The summed E-state index contributed by atoms with van der Waals surface area (Å²) in [5, 5.41) is 0.646. The number of carbonyl (C=O) groups excluding carboxylic acids is 2. The van der Waals surface area contributed by atoms with Crippen LogP contribution in [0, 0.1) is 0 Å². The fourth-order valence-electron chi connectivity index (χ4n) is 1.81. The van der Waals surface area contributed by atoms with Crippen LogP contribution in [-0.2, 0) is 4.79 Å². The molecule has 0 spiro atoms. The first-order chi connectivity index (χ1) is 9.33. The second kappa shape index (κ2) is 11.3. The van der Waals surface area contributed by atoms with Crippen LogP contribution < -0.4 is 0 Å². The van der Waals surface area contributed by atoms with Crippen LogP contribution in [0.1, 0.15) is 36.1 Å². The Bertz CT molecular complexity index is 403. The molecule has 0 bridgehead atoms. The Balaban J connectivity index is -0.000000308. The van der Waals surface area contributed by atoms with Crippen molar-refractivity contribution in [1.82, 2.24) is 19.6 Å². The molecule has 0 aliphatic carbocycles. The fourth-order valence-corrected chi connectivity index (χ4v) is 2.34. The topological polar surface area (TPSA) is 47.1 Å². The van der Waals surface area contributed by atoms with Gasteiger partial charge in [0.2, 0.25) is 5.91 Å². The van der Waals surface area contributed by atoms with Gasteiger partial charge in [-0.15, -0.1) is 0 Å². The van der Waals surface area contributed by atoms with Crippen molar-refractivity contribution in [3.63, 3.8) is 0 Å². The van der Waals surface area contributed by atoms with Gasteiger partial charge >= 0.3 is 6.03 Å². The first kappa shape index (κ1) is 26.6. The van der Waals surface area contributed by atoms with E-state index < -0.39 is 0 Å². The molecule has 0 radical (unpaired) electrons. The van der Waals surface area contributed by atoms with Gasteiger partial charge in [0, 0.05) is 27.2 Å². The Morgan fingerprint density at radius 3 is 1.52 bits per heavy atom. The molecular formula is C15H32N4O2S2. The van der Waals surface area contributed by atoms with E-state index in [4.69, 9.17) is 24.4 Å². The lowest BCUT2D eigenvalue weighted by Crippen LogP contribution is -2.29. The number of nitrogens with zero attached hydrogens (tertiary/aromatic N) is 4. The molecule has 6 nitrogen and oxygen atoms in total. The van der Waals surface area contributed by atoms with Crippen molar-refractivity contribution >= 4 is 46.5 Å². The summed E-state index contributed by atoms with van der Waals surface area (Å²) in [5.41, 5.74) is 0. The number of urea groups is 1. The molecule has 8 heteroatoms. The number of thiocarbonyl (C=S) groups is 2. The number of hydrogen-bond acceptors (Lipinski definition) is 4. The maximum absolute atomic E-state index is 11.1. The molecule has 2 heterocycles. The van der Waals surface area contributed by atoms with E-state index >= 15 is 0 Å². The molecule has 2 aliphatic heterocycles. The molecule has 0 unspecified atom stereocenters. The lowest BCUT2D eigenvalue weighted by molar-refractivity contribution is -0.124. The quantitative estimate of drug-likeness (QED) is 0.705. The first-order valence-corrected chi connectivity index (χ1v) is 7.26. The van der Waals surface area contributed by atoms with Crippen LogP contribution in [-0.4, -0.2) is 81.9 Å². The van der Waals surface area contributed by atoms with Gasteiger partial charge in [-0.25, -0.2) is 4.79 Å². The molecule has 2 rings (SSSR count). The molecule has 0 aromatic carbocycles. The van der Waals surface area contributed by atoms with E-state index in [0.29, 0.717) is 23.2 Å². The van der Waals surface area contributed by atoms with Crippen LogP contribution in [0.4, 0.5) is 4.79 Å². The highest BCUT2D eigenvalue weighted by molar-refractivity contribution is 7.80. The SMILES string of the molecule is C.C.C.CCN1CC(=O)N(C)C1=S.CCN1CC(=S)N(C)C1=O. The summed E-state index contributed by atoms with van der Waals surface area (Å²) in [6.45, 7) is 6.55. The van der Waals surface area contributed by atoms with Crippen molar-refractivity contribution in [3.05, 3.63) is 0 Å². The summed E-state index contributed by atoms with van der Waals surface area (Å²) in [4.78, 5) is 29.4. The largest absolute Gasteiger partial charge is 0.340 e. The minimum Gasteiger partial charge on any atom is -0.340 e. The van der Waals surface area contributed by atoms with Gasteiger partial charge in [0.05, 0.1) is 13.1 Å². The van der Waals surface area contributed by atoms with E-state index in [1.807, 2.05) is 18.7 Å². The lowest BCUT2D eigenvalue weighted by atomic mass is 10.5. The van der Waals surface area contributed by atoms with Crippen LogP contribution in [0.3, 0.4) is 0 Å². The van der Waals surface area contributed by atoms with Gasteiger partial charge < -0.3 is 9.80 Å². The van der Waals surface area contributed by atoms with Crippen LogP contribution in [0.2, 0.25) is 0 Å². The van der Waals surface area contributed by atoms with E-state index in [1.165, 1.54) is 9.80 Å². The summed E-state index contributed by atoms with van der Waals surface area (Å²) in [6.07, 6.45) is 0. The van der Waals surface area contributed by atoms with Gasteiger partial charge in [0.15, 0.2) is 5.11 Å². The predicted octanol–water partition coefficient (Wildman–Crippen LogP) is 2.67. The van der Waals surface area contributed by atoms with Crippen molar-refractivity contribution in [3.8, 4) is 0 Å². The maximum atomic E-state index is 11.1. The Labute approximate surface area is 152 Å². The van der Waals surface area contributed by atoms with Crippen molar-refractivity contribution in [2.24, 2.45) is 0 Å². The zero-order valence-electron chi connectivity index (χ0n) is 12.3. The van der Waals surface area contributed by atoms with Crippen molar-refractivity contribution in [2.75, 3.05) is 40.3 Å². The summed E-state index contributed by atoms with van der Waals surface area (Å²) >= 11 is 9.90. The van der Waals surface area contributed by atoms with Gasteiger partial charge in [-0.3, -0.25) is 14.6 Å². The monoisotopic (exact) mass is 364 g/mol. The second-order valence-electron chi connectivity index (χ2n) is 4.50. The van der Waals surface area contributed by atoms with Crippen molar-refractivity contribution in [2.45, 2.75) is 36.1 Å². The van der Waals surface area contributed by atoms with E-state index in [-0.39, 0.29) is 34.2 Å². The molecule has 23 heavy (non-hydrogen) atoms. The first-order valence-electron chi connectivity index (χ1n) is 6.44. The minimum absolute atomic E-state index is 0. The fraction of sp³-hybridized carbons (Fsp3) is 0.733. The normalized spacial score (nSPS) is 16.5. The third-order valence-corrected chi connectivity index (χ3v) is 4.21. The maximum Gasteiger partial charge on any atom is 0.325 e. The smallest absolute Gasteiger partial charge is 0.325 e. The van der Waals surface area contributed by atoms with Gasteiger partial charge in [-0.1, -0.05) is 34.5 Å². The molecule has 0 atom stereocenters. The Kier molecular flexibility index (Phi) is 13.1.